The van der Waals surface area contributed by atoms with E-state index >= 15 is 0 Å². The number of hydrogen-bond acceptors (Lipinski definition) is 3. The summed E-state index contributed by atoms with van der Waals surface area (Å²) in [5.74, 6) is 0.617. The van der Waals surface area contributed by atoms with Gasteiger partial charge in [-0.25, -0.2) is 4.79 Å². The molecule has 3 rings (SSSR count). The zero-order chi connectivity index (χ0) is 18.5. The molecular formula is C23H26O3. The van der Waals surface area contributed by atoms with Gasteiger partial charge in [0, 0.05) is 10.8 Å². The molecule has 3 nitrogen and oxygen atoms in total. The van der Waals surface area contributed by atoms with Gasteiger partial charge in [0.2, 0.25) is 0 Å². The van der Waals surface area contributed by atoms with Gasteiger partial charge in [0.25, 0.3) is 0 Å². The average molecular weight is 350 g/mol. The van der Waals surface area contributed by atoms with Crippen LogP contribution in [0.25, 0.3) is 21.5 Å². The summed E-state index contributed by atoms with van der Waals surface area (Å²) < 4.78 is 11.0. The monoisotopic (exact) mass is 350 g/mol. The van der Waals surface area contributed by atoms with Crippen molar-refractivity contribution in [2.45, 2.75) is 46.5 Å². The molecule has 0 aliphatic carbocycles. The van der Waals surface area contributed by atoms with E-state index in [-0.39, 0.29) is 0 Å². The molecule has 0 aliphatic rings. The summed E-state index contributed by atoms with van der Waals surface area (Å²) in [6.07, 6.45) is 3.00. The van der Waals surface area contributed by atoms with E-state index in [4.69, 9.17) is 9.47 Å². The summed E-state index contributed by atoms with van der Waals surface area (Å²) in [6.45, 7) is 6.69. The van der Waals surface area contributed by atoms with Crippen LogP contribution >= 0.6 is 0 Å². The van der Waals surface area contributed by atoms with Crippen LogP contribution < -0.4 is 4.74 Å². The SMILES string of the molecule is CCCCOC(=O)Oc1c2cc(CC)ccc2cc2cccc(CC)c12. The highest BCUT2D eigenvalue weighted by atomic mass is 16.7. The largest absolute Gasteiger partial charge is 0.513 e. The quantitative estimate of drug-likeness (QED) is 0.222. The number of benzene rings is 3. The minimum absolute atomic E-state index is 0.388. The molecule has 3 aromatic carbocycles. The first-order chi connectivity index (χ1) is 12.7. The van der Waals surface area contributed by atoms with Gasteiger partial charge in [-0.2, -0.15) is 0 Å². The zero-order valence-corrected chi connectivity index (χ0v) is 15.8. The first kappa shape index (κ1) is 18.2. The molecule has 0 atom stereocenters. The van der Waals surface area contributed by atoms with Gasteiger partial charge >= 0.3 is 6.16 Å². The van der Waals surface area contributed by atoms with E-state index in [9.17, 15) is 4.79 Å². The number of rotatable bonds is 6. The number of ether oxygens (including phenoxy) is 2. The minimum atomic E-state index is -0.625. The van der Waals surface area contributed by atoms with Crippen molar-refractivity contribution in [2.75, 3.05) is 6.61 Å². The lowest BCUT2D eigenvalue weighted by molar-refractivity contribution is 0.0988. The summed E-state index contributed by atoms with van der Waals surface area (Å²) in [5.41, 5.74) is 2.39. The van der Waals surface area contributed by atoms with E-state index in [0.717, 1.165) is 47.2 Å². The van der Waals surface area contributed by atoms with Crippen LogP contribution in [0.1, 0.15) is 44.7 Å². The Balaban J connectivity index is 2.17. The zero-order valence-electron chi connectivity index (χ0n) is 15.8. The van der Waals surface area contributed by atoms with Crippen molar-refractivity contribution >= 4 is 27.7 Å². The van der Waals surface area contributed by atoms with E-state index in [1.165, 1.54) is 11.1 Å². The average Bonchev–Trinajstić information content (AvgIpc) is 2.67. The van der Waals surface area contributed by atoms with E-state index in [1.54, 1.807) is 0 Å². The van der Waals surface area contributed by atoms with Crippen LogP contribution in [0.3, 0.4) is 0 Å². The molecule has 0 N–H and O–H groups in total. The Morgan fingerprint density at radius 1 is 0.962 bits per heavy atom. The molecule has 0 heterocycles. The lowest BCUT2D eigenvalue weighted by Gasteiger charge is -2.15. The van der Waals surface area contributed by atoms with Crippen LogP contribution in [0.15, 0.2) is 42.5 Å². The van der Waals surface area contributed by atoms with Crippen LogP contribution in [0.5, 0.6) is 5.75 Å². The van der Waals surface area contributed by atoms with Crippen molar-refractivity contribution in [1.29, 1.82) is 0 Å². The number of aryl methyl sites for hydroxylation is 2. The van der Waals surface area contributed by atoms with E-state index in [2.05, 4.69) is 63.2 Å². The van der Waals surface area contributed by atoms with Crippen molar-refractivity contribution in [2.24, 2.45) is 0 Å². The van der Waals surface area contributed by atoms with E-state index in [1.807, 2.05) is 0 Å². The maximum absolute atomic E-state index is 12.3. The van der Waals surface area contributed by atoms with Gasteiger partial charge in [-0.15, -0.1) is 0 Å². The predicted octanol–water partition coefficient (Wildman–Crippen LogP) is 6.43. The first-order valence-electron chi connectivity index (χ1n) is 9.49. The maximum Gasteiger partial charge on any atom is 0.513 e. The number of unbranched alkanes of at least 4 members (excludes halogenated alkanes) is 1. The summed E-state index contributed by atoms with van der Waals surface area (Å²) in [6, 6.07) is 14.7. The third-order valence-electron chi connectivity index (χ3n) is 4.78. The third kappa shape index (κ3) is 3.67. The van der Waals surface area contributed by atoms with Gasteiger partial charge in [0.1, 0.15) is 5.75 Å². The number of fused-ring (bicyclic) bond motifs is 2. The van der Waals surface area contributed by atoms with Gasteiger partial charge in [-0.1, -0.05) is 57.5 Å². The molecule has 3 heteroatoms. The molecular weight excluding hydrogens is 324 g/mol. The Labute approximate surface area is 154 Å². The molecule has 136 valence electrons. The molecule has 26 heavy (non-hydrogen) atoms. The van der Waals surface area contributed by atoms with Crippen molar-refractivity contribution < 1.29 is 14.3 Å². The maximum atomic E-state index is 12.3. The van der Waals surface area contributed by atoms with Crippen molar-refractivity contribution in [3.05, 3.63) is 53.6 Å². The molecule has 0 aliphatic heterocycles. The van der Waals surface area contributed by atoms with Crippen LogP contribution in [-0.2, 0) is 17.6 Å². The molecule has 0 saturated carbocycles. The smallest absolute Gasteiger partial charge is 0.434 e. The van der Waals surface area contributed by atoms with Crippen LogP contribution in [0.2, 0.25) is 0 Å². The van der Waals surface area contributed by atoms with Gasteiger partial charge < -0.3 is 9.47 Å². The molecule has 0 bridgehead atoms. The topological polar surface area (TPSA) is 35.5 Å². The van der Waals surface area contributed by atoms with Crippen molar-refractivity contribution in [1.82, 2.24) is 0 Å². The van der Waals surface area contributed by atoms with Crippen LogP contribution in [0, 0.1) is 0 Å². The fraction of sp³-hybridized carbons (Fsp3) is 0.348. The Morgan fingerprint density at radius 3 is 2.54 bits per heavy atom. The second-order valence-electron chi connectivity index (χ2n) is 6.54. The van der Waals surface area contributed by atoms with Crippen LogP contribution in [0.4, 0.5) is 4.79 Å². The molecule has 0 spiro atoms. The molecule has 0 fully saturated rings. The van der Waals surface area contributed by atoms with Gasteiger partial charge in [0.15, 0.2) is 0 Å². The minimum Gasteiger partial charge on any atom is -0.434 e. The molecule has 0 amide bonds. The lowest BCUT2D eigenvalue weighted by atomic mass is 9.96. The summed E-state index contributed by atoms with van der Waals surface area (Å²) in [5, 5.41) is 4.12. The summed E-state index contributed by atoms with van der Waals surface area (Å²) >= 11 is 0. The normalized spacial score (nSPS) is 11.0. The highest BCUT2D eigenvalue weighted by molar-refractivity contribution is 6.07. The number of carbonyl (C=O) groups excluding carboxylic acids is 1. The molecule has 0 saturated heterocycles. The predicted molar refractivity (Wildman–Crippen MR) is 107 cm³/mol. The van der Waals surface area contributed by atoms with E-state index in [0.29, 0.717) is 12.4 Å². The fourth-order valence-electron chi connectivity index (χ4n) is 3.28. The Bertz CT molecular complexity index is 928. The second kappa shape index (κ2) is 8.22. The third-order valence-corrected chi connectivity index (χ3v) is 4.78. The van der Waals surface area contributed by atoms with Crippen molar-refractivity contribution in [3.63, 3.8) is 0 Å². The Morgan fingerprint density at radius 2 is 1.81 bits per heavy atom. The van der Waals surface area contributed by atoms with Crippen molar-refractivity contribution in [3.8, 4) is 5.75 Å². The molecule has 3 aromatic rings. The van der Waals surface area contributed by atoms with Gasteiger partial charge in [-0.3, -0.25) is 0 Å². The lowest BCUT2D eigenvalue weighted by Crippen LogP contribution is -2.12. The summed E-state index contributed by atoms with van der Waals surface area (Å²) in [4.78, 5) is 12.3. The fourth-order valence-corrected chi connectivity index (χ4v) is 3.28. The Hall–Kier alpha value is -2.55. The van der Waals surface area contributed by atoms with Crippen LogP contribution in [-0.4, -0.2) is 12.8 Å². The standard InChI is InChI=1S/C23H26O3/c1-4-7-13-25-23(24)26-22-20-14-16(5-2)11-12-18(20)15-19-10-8-9-17(6-3)21(19)22/h8-12,14-15H,4-7,13H2,1-3H3. The summed E-state index contributed by atoms with van der Waals surface area (Å²) in [7, 11) is 0. The molecule has 0 unspecified atom stereocenters. The highest BCUT2D eigenvalue weighted by Gasteiger charge is 2.16. The highest BCUT2D eigenvalue weighted by Crippen LogP contribution is 2.38. The molecule has 0 radical (unpaired) electrons. The number of hydrogen-bond donors (Lipinski definition) is 0. The van der Waals surface area contributed by atoms with Gasteiger partial charge in [0.05, 0.1) is 6.61 Å². The number of carbonyl (C=O) groups is 1. The molecule has 0 aromatic heterocycles. The van der Waals surface area contributed by atoms with Gasteiger partial charge in [-0.05, 0) is 53.3 Å². The van der Waals surface area contributed by atoms with E-state index < -0.39 is 6.16 Å². The second-order valence-corrected chi connectivity index (χ2v) is 6.54. The first-order valence-corrected chi connectivity index (χ1v) is 9.49. The Kier molecular flexibility index (Phi) is 5.77.